The van der Waals surface area contributed by atoms with Crippen LogP contribution in [0.2, 0.25) is 10.0 Å². The molecule has 2 aromatic carbocycles. The molecule has 5 nitrogen and oxygen atoms in total. The third kappa shape index (κ3) is 5.25. The fraction of sp³-hybridized carbons (Fsp3) is 0.333. The van der Waals surface area contributed by atoms with Gasteiger partial charge in [0.05, 0.1) is 6.04 Å². The minimum atomic E-state index is -0.295. The van der Waals surface area contributed by atoms with E-state index in [1.54, 1.807) is 48.5 Å². The van der Waals surface area contributed by atoms with Crippen LogP contribution < -0.4 is 5.32 Å². The van der Waals surface area contributed by atoms with Crippen LogP contribution in [0.3, 0.4) is 0 Å². The topological polar surface area (TPSA) is 52.7 Å². The van der Waals surface area contributed by atoms with Crippen molar-refractivity contribution in [2.45, 2.75) is 19.4 Å². The maximum absolute atomic E-state index is 12.7. The summed E-state index contributed by atoms with van der Waals surface area (Å²) in [6, 6.07) is 13.7. The first-order valence-electron chi connectivity index (χ1n) is 9.29. The van der Waals surface area contributed by atoms with Crippen molar-refractivity contribution in [2.75, 3.05) is 31.5 Å². The molecular weight excluding hydrogens is 397 g/mol. The molecule has 0 bridgehead atoms. The Morgan fingerprint density at radius 3 is 2.43 bits per heavy atom. The van der Waals surface area contributed by atoms with Crippen molar-refractivity contribution >= 4 is 40.7 Å². The molecule has 0 aliphatic carbocycles. The summed E-state index contributed by atoms with van der Waals surface area (Å²) in [6.07, 6.45) is 0.810. The van der Waals surface area contributed by atoms with Crippen molar-refractivity contribution in [3.63, 3.8) is 0 Å². The smallest absolute Gasteiger partial charge is 0.253 e. The summed E-state index contributed by atoms with van der Waals surface area (Å²) < 4.78 is 0. The van der Waals surface area contributed by atoms with E-state index in [0.29, 0.717) is 40.9 Å². The molecule has 7 heteroatoms. The van der Waals surface area contributed by atoms with E-state index in [1.165, 1.54) is 0 Å². The third-order valence-corrected chi connectivity index (χ3v) is 5.42. The molecule has 1 fully saturated rings. The van der Waals surface area contributed by atoms with Gasteiger partial charge in [0.15, 0.2) is 0 Å². The number of carbonyl (C=O) groups excluding carboxylic acids is 2. The fourth-order valence-corrected chi connectivity index (χ4v) is 3.59. The molecule has 0 radical (unpaired) electrons. The molecule has 1 atom stereocenters. The van der Waals surface area contributed by atoms with Gasteiger partial charge in [0.2, 0.25) is 5.91 Å². The molecule has 0 spiro atoms. The van der Waals surface area contributed by atoms with E-state index < -0.39 is 0 Å². The first kappa shape index (κ1) is 20.6. The number of benzene rings is 2. The van der Waals surface area contributed by atoms with E-state index in [-0.39, 0.29) is 17.9 Å². The number of anilines is 1. The number of amides is 2. The predicted molar refractivity (Wildman–Crippen MR) is 113 cm³/mol. The van der Waals surface area contributed by atoms with E-state index >= 15 is 0 Å². The number of hydrogen-bond donors (Lipinski definition) is 1. The van der Waals surface area contributed by atoms with E-state index in [4.69, 9.17) is 23.2 Å². The van der Waals surface area contributed by atoms with Crippen molar-refractivity contribution in [3.8, 4) is 0 Å². The van der Waals surface area contributed by atoms with Crippen LogP contribution in [-0.4, -0.2) is 53.8 Å². The lowest BCUT2D eigenvalue weighted by atomic mass is 10.2. The zero-order chi connectivity index (χ0) is 20.1. The number of hydrogen-bond acceptors (Lipinski definition) is 3. The monoisotopic (exact) mass is 419 g/mol. The number of nitrogens with one attached hydrogen (secondary N) is 1. The molecule has 1 N–H and O–H groups in total. The third-order valence-electron chi connectivity index (χ3n) is 4.93. The number of halogens is 2. The quantitative estimate of drug-likeness (QED) is 0.808. The van der Waals surface area contributed by atoms with Gasteiger partial charge >= 0.3 is 0 Å². The SMILES string of the molecule is CC(C(=O)Nc1ccc(Cl)cc1)N1CCCN(C(=O)c2cccc(Cl)c2)CC1. The minimum absolute atomic E-state index is 0.0254. The Bertz CT molecular complexity index is 842. The summed E-state index contributed by atoms with van der Waals surface area (Å²) in [7, 11) is 0. The van der Waals surface area contributed by atoms with Crippen LogP contribution in [-0.2, 0) is 4.79 Å². The van der Waals surface area contributed by atoms with Crippen molar-refractivity contribution in [1.82, 2.24) is 9.80 Å². The highest BCUT2D eigenvalue weighted by Crippen LogP contribution is 2.17. The van der Waals surface area contributed by atoms with Gasteiger partial charge in [-0.15, -0.1) is 0 Å². The highest BCUT2D eigenvalue weighted by atomic mass is 35.5. The molecule has 2 aromatic rings. The van der Waals surface area contributed by atoms with Crippen LogP contribution in [0.1, 0.15) is 23.7 Å². The molecule has 0 aromatic heterocycles. The Morgan fingerprint density at radius 2 is 1.71 bits per heavy atom. The second kappa shape index (κ2) is 9.41. The Kier molecular flexibility index (Phi) is 6.94. The highest BCUT2D eigenvalue weighted by molar-refractivity contribution is 6.31. The highest BCUT2D eigenvalue weighted by Gasteiger charge is 2.26. The lowest BCUT2D eigenvalue weighted by Crippen LogP contribution is -2.44. The fourth-order valence-electron chi connectivity index (χ4n) is 3.28. The molecule has 3 rings (SSSR count). The van der Waals surface area contributed by atoms with Gasteiger partial charge in [-0.05, 0) is 55.8 Å². The largest absolute Gasteiger partial charge is 0.337 e. The number of nitrogens with zero attached hydrogens (tertiary/aromatic N) is 2. The van der Waals surface area contributed by atoms with Gasteiger partial charge in [0.25, 0.3) is 5.91 Å². The van der Waals surface area contributed by atoms with E-state index in [0.717, 1.165) is 13.0 Å². The molecule has 28 heavy (non-hydrogen) atoms. The lowest BCUT2D eigenvalue weighted by Gasteiger charge is -2.27. The molecule has 1 aliphatic rings. The van der Waals surface area contributed by atoms with Gasteiger partial charge in [-0.25, -0.2) is 0 Å². The van der Waals surface area contributed by atoms with Gasteiger partial charge < -0.3 is 10.2 Å². The summed E-state index contributed by atoms with van der Waals surface area (Å²) >= 11 is 11.9. The maximum atomic E-state index is 12.7. The molecular formula is C21H23Cl2N3O2. The van der Waals surface area contributed by atoms with E-state index in [1.807, 2.05) is 11.8 Å². The average Bonchev–Trinajstić information content (AvgIpc) is 2.94. The minimum Gasteiger partial charge on any atom is -0.337 e. The summed E-state index contributed by atoms with van der Waals surface area (Å²) in [4.78, 5) is 29.3. The summed E-state index contributed by atoms with van der Waals surface area (Å²) in [5.41, 5.74) is 1.31. The Hall–Kier alpha value is -2.08. The van der Waals surface area contributed by atoms with Gasteiger partial charge in [-0.2, -0.15) is 0 Å². The summed E-state index contributed by atoms with van der Waals surface area (Å²) in [5.74, 6) is -0.0976. The maximum Gasteiger partial charge on any atom is 0.253 e. The molecule has 2 amide bonds. The number of rotatable bonds is 4. The van der Waals surface area contributed by atoms with Gasteiger partial charge in [0.1, 0.15) is 0 Å². The Morgan fingerprint density at radius 1 is 0.964 bits per heavy atom. The molecule has 148 valence electrons. The van der Waals surface area contributed by atoms with Crippen LogP contribution in [0.4, 0.5) is 5.69 Å². The average molecular weight is 420 g/mol. The van der Waals surface area contributed by atoms with Crippen LogP contribution in [0, 0.1) is 0 Å². The van der Waals surface area contributed by atoms with E-state index in [2.05, 4.69) is 10.2 Å². The zero-order valence-corrected chi connectivity index (χ0v) is 17.2. The van der Waals surface area contributed by atoms with Crippen LogP contribution >= 0.6 is 23.2 Å². The van der Waals surface area contributed by atoms with Gasteiger partial charge in [-0.1, -0.05) is 29.3 Å². The van der Waals surface area contributed by atoms with Crippen molar-refractivity contribution < 1.29 is 9.59 Å². The van der Waals surface area contributed by atoms with E-state index in [9.17, 15) is 9.59 Å². The molecule has 1 unspecified atom stereocenters. The molecule has 0 saturated carbocycles. The van der Waals surface area contributed by atoms with Crippen molar-refractivity contribution in [2.24, 2.45) is 0 Å². The first-order valence-corrected chi connectivity index (χ1v) is 10.0. The lowest BCUT2D eigenvalue weighted by molar-refractivity contribution is -0.120. The normalized spacial score (nSPS) is 16.3. The van der Waals surface area contributed by atoms with Crippen molar-refractivity contribution in [1.29, 1.82) is 0 Å². The first-order chi connectivity index (χ1) is 13.4. The molecule has 1 heterocycles. The van der Waals surface area contributed by atoms with Crippen LogP contribution in [0.15, 0.2) is 48.5 Å². The standard InChI is InChI=1S/C21H23Cl2N3O2/c1-15(20(27)24-19-8-6-17(22)7-9-19)25-10-3-11-26(13-12-25)21(28)16-4-2-5-18(23)14-16/h2,4-9,14-15H,3,10-13H2,1H3,(H,24,27). The second-order valence-electron chi connectivity index (χ2n) is 6.86. The van der Waals surface area contributed by atoms with Crippen molar-refractivity contribution in [3.05, 3.63) is 64.1 Å². The van der Waals surface area contributed by atoms with Crippen LogP contribution in [0.25, 0.3) is 0 Å². The molecule has 1 aliphatic heterocycles. The second-order valence-corrected chi connectivity index (χ2v) is 7.74. The van der Waals surface area contributed by atoms with Gasteiger partial charge in [-0.3, -0.25) is 14.5 Å². The summed E-state index contributed by atoms with van der Waals surface area (Å²) in [5, 5.41) is 4.10. The Labute approximate surface area is 175 Å². The molecule has 1 saturated heterocycles. The van der Waals surface area contributed by atoms with Crippen LogP contribution in [0.5, 0.6) is 0 Å². The number of carbonyl (C=O) groups is 2. The summed E-state index contributed by atoms with van der Waals surface area (Å²) in [6.45, 7) is 4.52. The predicted octanol–water partition coefficient (Wildman–Crippen LogP) is 4.17. The zero-order valence-electron chi connectivity index (χ0n) is 15.7. The Balaban J connectivity index is 1.58. The van der Waals surface area contributed by atoms with Gasteiger partial charge in [0, 0.05) is 47.5 Å².